The molecule has 0 radical (unpaired) electrons. The van der Waals surface area contributed by atoms with E-state index in [9.17, 15) is 0 Å². The predicted octanol–water partition coefficient (Wildman–Crippen LogP) is 0.327. The van der Waals surface area contributed by atoms with Crippen LogP contribution in [0.1, 0.15) is 23.1 Å². The summed E-state index contributed by atoms with van der Waals surface area (Å²) < 4.78 is 10.0. The number of hydrogen-bond donors (Lipinski definition) is 2. The molecule has 3 N–H and O–H groups in total. The average Bonchev–Trinajstić information content (AvgIpc) is 2.85. The summed E-state index contributed by atoms with van der Waals surface area (Å²) in [6.45, 7) is 1.97. The quantitative estimate of drug-likeness (QED) is 0.592. The Morgan fingerprint density at radius 1 is 1.62 bits per heavy atom. The fourth-order valence-corrected chi connectivity index (χ4v) is 2.11. The lowest BCUT2D eigenvalue weighted by Gasteiger charge is -2.12. The number of nitrogens with two attached hydrogens (primary N) is 1. The molecule has 7 heteroatoms. The molecule has 2 rings (SSSR count). The molecule has 1 unspecified atom stereocenters. The Bertz CT molecular complexity index is 449. The first kappa shape index (κ1) is 11.2. The van der Waals surface area contributed by atoms with Crippen LogP contribution >= 0.6 is 11.7 Å². The highest BCUT2D eigenvalue weighted by atomic mass is 32.1. The van der Waals surface area contributed by atoms with Crippen molar-refractivity contribution in [1.82, 2.24) is 24.0 Å². The summed E-state index contributed by atoms with van der Waals surface area (Å²) in [4.78, 5) is 0. The van der Waals surface area contributed by atoms with Crippen molar-refractivity contribution in [1.29, 1.82) is 0 Å². The van der Waals surface area contributed by atoms with Gasteiger partial charge in [-0.15, -0.1) is 0 Å². The van der Waals surface area contributed by atoms with Crippen LogP contribution < -0.4 is 11.3 Å². The van der Waals surface area contributed by atoms with E-state index in [2.05, 4.69) is 19.3 Å². The van der Waals surface area contributed by atoms with Gasteiger partial charge in [-0.25, -0.2) is 0 Å². The first-order chi connectivity index (χ1) is 7.70. The van der Waals surface area contributed by atoms with Crippen LogP contribution in [0.25, 0.3) is 0 Å². The van der Waals surface area contributed by atoms with E-state index in [4.69, 9.17) is 5.84 Å². The Labute approximate surface area is 97.8 Å². The second-order valence-corrected chi connectivity index (χ2v) is 4.21. The molecule has 0 spiro atoms. The molecule has 2 heterocycles. The van der Waals surface area contributed by atoms with Crippen LogP contribution in [0.3, 0.4) is 0 Å². The molecule has 0 aliphatic rings. The van der Waals surface area contributed by atoms with Gasteiger partial charge in [0.25, 0.3) is 0 Å². The van der Waals surface area contributed by atoms with Crippen molar-refractivity contribution in [2.45, 2.75) is 19.4 Å². The zero-order valence-corrected chi connectivity index (χ0v) is 10.0. The Morgan fingerprint density at radius 2 is 2.44 bits per heavy atom. The normalized spacial score (nSPS) is 12.9. The Morgan fingerprint density at radius 3 is 2.94 bits per heavy atom. The molecule has 0 saturated heterocycles. The minimum atomic E-state index is -0.0199. The molecule has 6 nitrogen and oxygen atoms in total. The number of aromatic nitrogens is 4. The third-order valence-electron chi connectivity index (χ3n) is 2.45. The summed E-state index contributed by atoms with van der Waals surface area (Å²) in [7, 11) is 1.93. The predicted molar refractivity (Wildman–Crippen MR) is 61.6 cm³/mol. The average molecular weight is 238 g/mol. The van der Waals surface area contributed by atoms with Gasteiger partial charge in [0.15, 0.2) is 0 Å². The second kappa shape index (κ2) is 4.69. The lowest BCUT2D eigenvalue weighted by atomic mass is 10.1. The Balaban J connectivity index is 2.16. The fourth-order valence-electron chi connectivity index (χ4n) is 1.64. The van der Waals surface area contributed by atoms with E-state index in [0.717, 1.165) is 23.5 Å². The van der Waals surface area contributed by atoms with Gasteiger partial charge in [0.1, 0.15) is 0 Å². The Hall–Kier alpha value is -1.31. The highest BCUT2D eigenvalue weighted by molar-refractivity contribution is 6.99. The van der Waals surface area contributed by atoms with Crippen LogP contribution in [0, 0.1) is 6.92 Å². The van der Waals surface area contributed by atoms with E-state index in [1.807, 2.05) is 24.7 Å². The second-order valence-electron chi connectivity index (χ2n) is 3.66. The topological polar surface area (TPSA) is 81.6 Å². The van der Waals surface area contributed by atoms with Gasteiger partial charge in [-0.2, -0.15) is 13.8 Å². The molecule has 16 heavy (non-hydrogen) atoms. The molecule has 0 amide bonds. The van der Waals surface area contributed by atoms with Crippen molar-refractivity contribution >= 4 is 11.7 Å². The molecule has 0 aliphatic carbocycles. The van der Waals surface area contributed by atoms with E-state index in [-0.39, 0.29) is 6.04 Å². The zero-order chi connectivity index (χ0) is 11.5. The third-order valence-corrected chi connectivity index (χ3v) is 2.94. The summed E-state index contributed by atoms with van der Waals surface area (Å²) in [6, 6.07) is 2.03. The number of rotatable bonds is 4. The smallest absolute Gasteiger partial charge is 0.0929 e. The van der Waals surface area contributed by atoms with Gasteiger partial charge in [-0.1, -0.05) is 0 Å². The number of aryl methyl sites for hydroxylation is 2. The van der Waals surface area contributed by atoms with E-state index in [1.165, 1.54) is 11.7 Å². The van der Waals surface area contributed by atoms with Gasteiger partial charge in [-0.3, -0.25) is 16.0 Å². The summed E-state index contributed by atoms with van der Waals surface area (Å²) in [5, 5.41) is 4.29. The summed E-state index contributed by atoms with van der Waals surface area (Å²) in [5.74, 6) is 5.53. The van der Waals surface area contributed by atoms with Crippen LogP contribution in [-0.4, -0.2) is 18.5 Å². The molecule has 1 atom stereocenters. The summed E-state index contributed by atoms with van der Waals surface area (Å²) in [5.41, 5.74) is 5.74. The first-order valence-electron chi connectivity index (χ1n) is 4.94. The maximum atomic E-state index is 5.53. The van der Waals surface area contributed by atoms with Crippen molar-refractivity contribution in [2.24, 2.45) is 12.9 Å². The van der Waals surface area contributed by atoms with Crippen molar-refractivity contribution < 1.29 is 0 Å². The maximum Gasteiger partial charge on any atom is 0.0929 e. The van der Waals surface area contributed by atoms with Crippen LogP contribution in [0.4, 0.5) is 0 Å². The number of hydrazine groups is 1. The first-order valence-corrected chi connectivity index (χ1v) is 5.67. The zero-order valence-electron chi connectivity index (χ0n) is 9.21. The van der Waals surface area contributed by atoms with Gasteiger partial charge in [0, 0.05) is 19.2 Å². The van der Waals surface area contributed by atoms with E-state index in [0.29, 0.717) is 0 Å². The third kappa shape index (κ3) is 2.26. The van der Waals surface area contributed by atoms with Crippen molar-refractivity contribution in [3.63, 3.8) is 0 Å². The fraction of sp³-hybridized carbons (Fsp3) is 0.444. The standard InChI is InChI=1S/C9H14N6S/c1-6-3-7(15(2)13-6)4-8(12-10)9-5-11-16-14-9/h3,5,8,12H,4,10H2,1-2H3. The van der Waals surface area contributed by atoms with Gasteiger partial charge < -0.3 is 0 Å². The highest BCUT2D eigenvalue weighted by Gasteiger charge is 2.15. The lowest BCUT2D eigenvalue weighted by molar-refractivity contribution is 0.521. The minimum Gasteiger partial charge on any atom is -0.272 e. The van der Waals surface area contributed by atoms with Crippen LogP contribution in [0.2, 0.25) is 0 Å². The molecule has 2 aromatic rings. The van der Waals surface area contributed by atoms with E-state index in [1.54, 1.807) is 6.20 Å². The number of nitrogens with zero attached hydrogens (tertiary/aromatic N) is 4. The van der Waals surface area contributed by atoms with Crippen molar-refractivity contribution in [2.75, 3.05) is 0 Å². The molecular weight excluding hydrogens is 224 g/mol. The number of nitrogens with one attached hydrogen (secondary N) is 1. The van der Waals surface area contributed by atoms with Crippen LogP contribution in [-0.2, 0) is 13.5 Å². The lowest BCUT2D eigenvalue weighted by Crippen LogP contribution is -2.30. The molecular formula is C9H14N6S. The monoisotopic (exact) mass is 238 g/mol. The van der Waals surface area contributed by atoms with Gasteiger partial charge >= 0.3 is 0 Å². The molecule has 0 saturated carbocycles. The maximum absolute atomic E-state index is 5.53. The minimum absolute atomic E-state index is 0.0199. The van der Waals surface area contributed by atoms with Crippen LogP contribution in [0.15, 0.2) is 12.3 Å². The van der Waals surface area contributed by atoms with Gasteiger partial charge in [0.05, 0.1) is 35.4 Å². The van der Waals surface area contributed by atoms with Crippen LogP contribution in [0.5, 0.6) is 0 Å². The summed E-state index contributed by atoms with van der Waals surface area (Å²) >= 11 is 1.19. The largest absolute Gasteiger partial charge is 0.272 e. The van der Waals surface area contributed by atoms with E-state index >= 15 is 0 Å². The molecule has 2 aromatic heterocycles. The SMILES string of the molecule is Cc1cc(CC(NN)c2cnsn2)n(C)n1. The Kier molecular flexibility index (Phi) is 3.28. The highest BCUT2D eigenvalue weighted by Crippen LogP contribution is 2.16. The van der Waals surface area contributed by atoms with Gasteiger partial charge in [0.2, 0.25) is 0 Å². The molecule has 0 fully saturated rings. The molecule has 0 bridgehead atoms. The molecule has 86 valence electrons. The molecule has 0 aliphatic heterocycles. The van der Waals surface area contributed by atoms with Crippen molar-refractivity contribution in [3.05, 3.63) is 29.3 Å². The summed E-state index contributed by atoms with van der Waals surface area (Å²) in [6.07, 6.45) is 2.48. The van der Waals surface area contributed by atoms with Gasteiger partial charge in [-0.05, 0) is 13.0 Å². The van der Waals surface area contributed by atoms with Crippen molar-refractivity contribution in [3.8, 4) is 0 Å². The van der Waals surface area contributed by atoms with E-state index < -0.39 is 0 Å². The molecule has 0 aromatic carbocycles. The number of hydrogen-bond acceptors (Lipinski definition) is 6.